The fourth-order valence-electron chi connectivity index (χ4n) is 4.96. The average Bonchev–Trinajstić information content (AvgIpc) is 3.29. The Morgan fingerprint density at radius 3 is 2.61 bits per heavy atom. The largest absolute Gasteiger partial charge is 0.469 e. The first kappa shape index (κ1) is 31.3. The number of likely N-dealkylation sites (N-methyl/N-ethyl adjacent to an activating group) is 1. The van der Waals surface area contributed by atoms with Crippen LogP contribution in [0.5, 0.6) is 0 Å². The van der Waals surface area contributed by atoms with Crippen molar-refractivity contribution in [3.63, 3.8) is 0 Å². The number of hydrogen-bond donors (Lipinski definition) is 3. The summed E-state index contributed by atoms with van der Waals surface area (Å²) in [5, 5.41) is 3.21. The smallest absolute Gasteiger partial charge is 0.435 e. The number of ether oxygens (including phenoxy) is 1. The summed E-state index contributed by atoms with van der Waals surface area (Å²) in [5.74, 6) is 0.0545. The van der Waals surface area contributed by atoms with Crippen LogP contribution in [0.1, 0.15) is 42.9 Å². The minimum atomic E-state index is -4.64. The Hall–Kier alpha value is -2.67. The number of halogens is 2. The van der Waals surface area contributed by atoms with Crippen LogP contribution in [0.15, 0.2) is 59.3 Å². The molecule has 0 bridgehead atoms. The van der Waals surface area contributed by atoms with Crippen molar-refractivity contribution in [2.45, 2.75) is 50.2 Å². The SMILES string of the molecule is CCN(CCOP(=O)(O)O)CCC(F)(F)OC1=CC=C(c2cccc(S(=O)(=O)CC)c2)C2c3cc(C)cnc3NC12. The second-order valence-corrected chi connectivity index (χ2v) is 13.4. The highest BCUT2D eigenvalue weighted by Gasteiger charge is 2.44. The second-order valence-electron chi connectivity index (χ2n) is 9.92. The van der Waals surface area contributed by atoms with Crippen LogP contribution in [-0.2, 0) is 23.7 Å². The van der Waals surface area contributed by atoms with Crippen LogP contribution in [0.25, 0.3) is 5.57 Å². The molecule has 3 N–H and O–H groups in total. The van der Waals surface area contributed by atoms with Crippen molar-refractivity contribution in [1.82, 2.24) is 9.88 Å². The first-order valence-corrected chi connectivity index (χ1v) is 16.4. The third-order valence-electron chi connectivity index (χ3n) is 7.09. The number of anilines is 1. The lowest BCUT2D eigenvalue weighted by Gasteiger charge is -2.32. The van der Waals surface area contributed by atoms with Gasteiger partial charge in [0, 0.05) is 30.8 Å². The molecule has 14 heteroatoms. The topological polar surface area (TPSA) is 138 Å². The Bertz CT molecular complexity index is 1490. The number of aryl methyl sites for hydroxylation is 1. The number of phosphoric ester groups is 1. The van der Waals surface area contributed by atoms with Crippen LogP contribution in [0.4, 0.5) is 14.6 Å². The molecule has 41 heavy (non-hydrogen) atoms. The summed E-state index contributed by atoms with van der Waals surface area (Å²) in [5.41, 5.74) is 3.09. The first-order valence-electron chi connectivity index (χ1n) is 13.2. The molecule has 0 spiro atoms. The summed E-state index contributed by atoms with van der Waals surface area (Å²) in [6.07, 6.45) is 0.622. The maximum atomic E-state index is 15.1. The summed E-state index contributed by atoms with van der Waals surface area (Å²) in [4.78, 5) is 23.9. The molecule has 0 fully saturated rings. The van der Waals surface area contributed by atoms with E-state index in [0.29, 0.717) is 17.9 Å². The van der Waals surface area contributed by atoms with Crippen LogP contribution >= 0.6 is 7.82 Å². The normalized spacial score (nSPS) is 18.8. The molecule has 224 valence electrons. The molecule has 0 radical (unpaired) electrons. The van der Waals surface area contributed by atoms with Crippen molar-refractivity contribution >= 4 is 29.1 Å². The van der Waals surface area contributed by atoms with Gasteiger partial charge in [-0.1, -0.05) is 38.1 Å². The zero-order valence-electron chi connectivity index (χ0n) is 23.0. The van der Waals surface area contributed by atoms with Crippen LogP contribution in [0.3, 0.4) is 0 Å². The van der Waals surface area contributed by atoms with Crippen molar-refractivity contribution < 1.29 is 40.8 Å². The van der Waals surface area contributed by atoms with E-state index in [-0.39, 0.29) is 36.1 Å². The minimum Gasteiger partial charge on any atom is -0.435 e. The Morgan fingerprint density at radius 2 is 1.93 bits per heavy atom. The number of sulfone groups is 1. The molecule has 4 rings (SSSR count). The number of benzene rings is 1. The van der Waals surface area contributed by atoms with E-state index in [2.05, 4.69) is 14.8 Å². The quantitative estimate of drug-likeness (QED) is 0.278. The van der Waals surface area contributed by atoms with Crippen LogP contribution in [0.2, 0.25) is 0 Å². The number of hydrogen-bond acceptors (Lipinski definition) is 8. The van der Waals surface area contributed by atoms with Gasteiger partial charge in [-0.3, -0.25) is 4.52 Å². The molecule has 2 unspecified atom stereocenters. The van der Waals surface area contributed by atoms with E-state index in [9.17, 15) is 13.0 Å². The fourth-order valence-corrected chi connectivity index (χ4v) is 6.20. The molecule has 1 aliphatic carbocycles. The average molecular weight is 614 g/mol. The third-order valence-corrected chi connectivity index (χ3v) is 9.34. The number of pyridine rings is 1. The van der Waals surface area contributed by atoms with Crippen LogP contribution < -0.4 is 5.32 Å². The number of phosphoric acid groups is 1. The van der Waals surface area contributed by atoms with Gasteiger partial charge in [0.05, 0.1) is 29.7 Å². The monoisotopic (exact) mass is 613 g/mol. The van der Waals surface area contributed by atoms with Gasteiger partial charge in [-0.05, 0) is 48.4 Å². The fraction of sp³-hybridized carbons (Fsp3) is 0.444. The summed E-state index contributed by atoms with van der Waals surface area (Å²) >= 11 is 0. The highest BCUT2D eigenvalue weighted by molar-refractivity contribution is 7.91. The molecule has 2 heterocycles. The molecule has 2 aromatic rings. The zero-order valence-corrected chi connectivity index (χ0v) is 24.7. The van der Waals surface area contributed by atoms with E-state index < -0.39 is 42.1 Å². The zero-order chi connectivity index (χ0) is 30.0. The molecule has 1 aromatic carbocycles. The first-order chi connectivity index (χ1) is 19.2. The van der Waals surface area contributed by atoms with Crippen LogP contribution in [0, 0.1) is 6.92 Å². The second kappa shape index (κ2) is 12.3. The lowest BCUT2D eigenvalue weighted by Crippen LogP contribution is -2.36. The van der Waals surface area contributed by atoms with E-state index in [1.54, 1.807) is 55.3 Å². The van der Waals surface area contributed by atoms with Gasteiger partial charge in [-0.25, -0.2) is 18.0 Å². The number of nitrogens with one attached hydrogen (secondary N) is 1. The highest BCUT2D eigenvalue weighted by Crippen LogP contribution is 2.49. The highest BCUT2D eigenvalue weighted by atomic mass is 32.2. The Balaban J connectivity index is 1.59. The molecule has 2 aliphatic rings. The summed E-state index contributed by atoms with van der Waals surface area (Å²) in [6, 6.07) is 7.84. The maximum Gasteiger partial charge on any atom is 0.469 e. The van der Waals surface area contributed by atoms with Crippen LogP contribution in [-0.4, -0.2) is 72.2 Å². The molecular formula is C27H34F2N3O7PS. The number of allylic oxidation sites excluding steroid dienone is 2. The number of nitrogens with zero attached hydrogens (tertiary/aromatic N) is 2. The lowest BCUT2D eigenvalue weighted by molar-refractivity contribution is -0.221. The van der Waals surface area contributed by atoms with Crippen molar-refractivity contribution in [3.8, 4) is 0 Å². The van der Waals surface area contributed by atoms with Gasteiger partial charge in [0.15, 0.2) is 9.84 Å². The predicted molar refractivity (Wildman–Crippen MR) is 150 cm³/mol. The van der Waals surface area contributed by atoms with E-state index in [1.165, 1.54) is 6.08 Å². The minimum absolute atomic E-state index is 0.0182. The van der Waals surface area contributed by atoms with Crippen molar-refractivity contribution in [3.05, 3.63) is 71.1 Å². The molecule has 2 atom stereocenters. The van der Waals surface area contributed by atoms with Gasteiger partial charge in [-0.15, -0.1) is 0 Å². The van der Waals surface area contributed by atoms with E-state index in [1.807, 2.05) is 13.0 Å². The van der Waals surface area contributed by atoms with Gasteiger partial charge in [-0.2, -0.15) is 8.78 Å². The Morgan fingerprint density at radius 1 is 1.17 bits per heavy atom. The standard InChI is InChI=1S/C27H34F2N3O7PS/c1-4-32(13-14-38-40(33,34)35)12-11-27(28,29)39-23-10-9-21(19-7-6-8-20(16-19)41(36,37)5-2)24-22-15-18(3)17-30-26(22)31-25(23)24/h6-10,15-17,24-25H,4-5,11-14H2,1-3H3,(H,30,31)(H2,33,34,35). The number of aromatic nitrogens is 1. The maximum absolute atomic E-state index is 15.1. The molecule has 0 saturated heterocycles. The molecule has 0 saturated carbocycles. The van der Waals surface area contributed by atoms with E-state index in [0.717, 1.165) is 16.7 Å². The molecular weight excluding hydrogens is 579 g/mol. The number of rotatable bonds is 13. The number of alkyl halides is 2. The van der Waals surface area contributed by atoms with Crippen molar-refractivity contribution in [1.29, 1.82) is 0 Å². The Labute approximate surface area is 238 Å². The molecule has 1 aliphatic heterocycles. The summed E-state index contributed by atoms with van der Waals surface area (Å²) < 4.78 is 76.0. The van der Waals surface area contributed by atoms with E-state index >= 15 is 8.78 Å². The lowest BCUT2D eigenvalue weighted by atomic mass is 9.80. The van der Waals surface area contributed by atoms with Crippen molar-refractivity contribution in [2.75, 3.05) is 37.3 Å². The molecule has 0 amide bonds. The van der Waals surface area contributed by atoms with Gasteiger partial charge in [0.1, 0.15) is 11.6 Å². The predicted octanol–water partition coefficient (Wildman–Crippen LogP) is 4.47. The molecule has 1 aromatic heterocycles. The van der Waals surface area contributed by atoms with Gasteiger partial charge < -0.3 is 24.7 Å². The van der Waals surface area contributed by atoms with E-state index in [4.69, 9.17) is 14.5 Å². The molecule has 10 nitrogen and oxygen atoms in total. The van der Waals surface area contributed by atoms with Gasteiger partial charge >= 0.3 is 13.9 Å². The summed E-state index contributed by atoms with van der Waals surface area (Å²) in [6.45, 7) is 5.23. The van der Waals surface area contributed by atoms with Gasteiger partial charge in [0.2, 0.25) is 0 Å². The van der Waals surface area contributed by atoms with Gasteiger partial charge in [0.25, 0.3) is 0 Å². The Kier molecular flexibility index (Phi) is 9.37. The third kappa shape index (κ3) is 7.59. The van der Waals surface area contributed by atoms with Crippen molar-refractivity contribution in [2.24, 2.45) is 0 Å². The summed E-state index contributed by atoms with van der Waals surface area (Å²) in [7, 11) is -8.10. The number of fused-ring (bicyclic) bond motifs is 3.